The van der Waals surface area contributed by atoms with Gasteiger partial charge in [-0.05, 0) is 37.5 Å². The summed E-state index contributed by atoms with van der Waals surface area (Å²) in [4.78, 5) is 13.2. The predicted molar refractivity (Wildman–Crippen MR) is 65.3 cm³/mol. The number of carbonyl (C=O) groups is 1. The molecule has 1 unspecified atom stereocenters. The molecule has 0 spiro atoms. The Labute approximate surface area is 95.4 Å². The van der Waals surface area contributed by atoms with Crippen molar-refractivity contribution in [3.63, 3.8) is 0 Å². The Hall–Kier alpha value is -1.51. The van der Waals surface area contributed by atoms with Crippen molar-refractivity contribution >= 4 is 17.7 Å². The number of nitrogens with one attached hydrogen (secondary N) is 1. The minimum absolute atomic E-state index is 0.642. The smallest absolute Gasteiger partial charge is 0.150 e. The Balaban J connectivity index is 1.98. The molecule has 1 aromatic rings. The van der Waals surface area contributed by atoms with E-state index in [2.05, 4.69) is 16.3 Å². The molecule has 0 amide bonds. The van der Waals surface area contributed by atoms with E-state index in [0.29, 0.717) is 6.04 Å². The zero-order valence-corrected chi connectivity index (χ0v) is 9.28. The van der Waals surface area contributed by atoms with Crippen LogP contribution in [-0.4, -0.2) is 25.4 Å². The first-order valence-electron chi connectivity index (χ1n) is 5.98. The van der Waals surface area contributed by atoms with Gasteiger partial charge < -0.3 is 10.2 Å². The number of fused-ring (bicyclic) bond motifs is 3. The molecule has 2 heterocycles. The molecule has 0 aromatic heterocycles. The van der Waals surface area contributed by atoms with E-state index in [-0.39, 0.29) is 0 Å². The fraction of sp³-hybridized carbons (Fsp3) is 0.462. The van der Waals surface area contributed by atoms with Crippen LogP contribution in [0.4, 0.5) is 11.4 Å². The van der Waals surface area contributed by atoms with E-state index in [4.69, 9.17) is 0 Å². The number of anilines is 2. The van der Waals surface area contributed by atoms with Gasteiger partial charge >= 0.3 is 0 Å². The summed E-state index contributed by atoms with van der Waals surface area (Å²) in [5.74, 6) is 0. The molecule has 1 fully saturated rings. The molecule has 0 saturated carbocycles. The summed E-state index contributed by atoms with van der Waals surface area (Å²) < 4.78 is 0. The lowest BCUT2D eigenvalue weighted by molar-refractivity contribution is 0.112. The van der Waals surface area contributed by atoms with Gasteiger partial charge in [-0.15, -0.1) is 0 Å². The Kier molecular flexibility index (Phi) is 2.31. The summed E-state index contributed by atoms with van der Waals surface area (Å²) in [5.41, 5.74) is 3.13. The first-order valence-corrected chi connectivity index (χ1v) is 5.98. The summed E-state index contributed by atoms with van der Waals surface area (Å²) in [6.07, 6.45) is 4.81. The summed E-state index contributed by atoms with van der Waals surface area (Å²) >= 11 is 0. The van der Waals surface area contributed by atoms with Gasteiger partial charge in [0.25, 0.3) is 0 Å². The van der Waals surface area contributed by atoms with Gasteiger partial charge in [-0.2, -0.15) is 0 Å². The quantitative estimate of drug-likeness (QED) is 0.731. The van der Waals surface area contributed by atoms with Crippen LogP contribution in [0.2, 0.25) is 0 Å². The zero-order valence-electron chi connectivity index (χ0n) is 9.28. The van der Waals surface area contributed by atoms with Crippen molar-refractivity contribution in [2.75, 3.05) is 23.3 Å². The van der Waals surface area contributed by atoms with Gasteiger partial charge in [-0.25, -0.2) is 0 Å². The van der Waals surface area contributed by atoms with Gasteiger partial charge in [0.2, 0.25) is 0 Å². The minimum Gasteiger partial charge on any atom is -0.381 e. The van der Waals surface area contributed by atoms with Crippen LogP contribution < -0.4 is 10.2 Å². The molecule has 1 aromatic carbocycles. The monoisotopic (exact) mass is 216 g/mol. The Morgan fingerprint density at radius 2 is 2.31 bits per heavy atom. The average molecular weight is 216 g/mol. The highest BCUT2D eigenvalue weighted by Gasteiger charge is 2.27. The van der Waals surface area contributed by atoms with Crippen LogP contribution in [0.25, 0.3) is 0 Å². The Bertz CT molecular complexity index is 416. The van der Waals surface area contributed by atoms with Crippen molar-refractivity contribution in [2.45, 2.75) is 25.3 Å². The Morgan fingerprint density at radius 1 is 1.38 bits per heavy atom. The van der Waals surface area contributed by atoms with Crippen LogP contribution in [0.3, 0.4) is 0 Å². The van der Waals surface area contributed by atoms with Crippen LogP contribution >= 0.6 is 0 Å². The average Bonchev–Trinajstić information content (AvgIpc) is 2.38. The van der Waals surface area contributed by atoms with E-state index in [0.717, 1.165) is 30.6 Å². The number of hydrogen-bond acceptors (Lipinski definition) is 3. The molecular formula is C13H16N2O. The molecule has 1 atom stereocenters. The van der Waals surface area contributed by atoms with Crippen LogP contribution in [0, 0.1) is 0 Å². The van der Waals surface area contributed by atoms with Gasteiger partial charge in [0.15, 0.2) is 0 Å². The lowest BCUT2D eigenvalue weighted by Gasteiger charge is -2.42. The third-order valence-electron chi connectivity index (χ3n) is 3.62. The lowest BCUT2D eigenvalue weighted by Crippen LogP contribution is -2.46. The lowest BCUT2D eigenvalue weighted by atomic mass is 9.97. The SMILES string of the molecule is O=Cc1ccc2c(c1)NCC1CCCCN21. The second-order valence-corrected chi connectivity index (χ2v) is 4.62. The van der Waals surface area contributed by atoms with Crippen molar-refractivity contribution in [1.29, 1.82) is 0 Å². The van der Waals surface area contributed by atoms with Gasteiger partial charge in [0.05, 0.1) is 11.4 Å². The van der Waals surface area contributed by atoms with E-state index in [9.17, 15) is 4.79 Å². The van der Waals surface area contributed by atoms with Gasteiger partial charge in [0, 0.05) is 24.7 Å². The Morgan fingerprint density at radius 3 is 3.19 bits per heavy atom. The van der Waals surface area contributed by atoms with E-state index < -0.39 is 0 Å². The molecule has 16 heavy (non-hydrogen) atoms. The highest BCUT2D eigenvalue weighted by atomic mass is 16.1. The molecule has 0 bridgehead atoms. The third kappa shape index (κ3) is 1.47. The molecule has 3 heteroatoms. The molecule has 1 saturated heterocycles. The van der Waals surface area contributed by atoms with Gasteiger partial charge in [-0.1, -0.05) is 0 Å². The molecule has 1 N–H and O–H groups in total. The van der Waals surface area contributed by atoms with Crippen LogP contribution in [0.1, 0.15) is 29.6 Å². The summed E-state index contributed by atoms with van der Waals surface area (Å²) in [6.45, 7) is 2.16. The summed E-state index contributed by atoms with van der Waals surface area (Å²) in [7, 11) is 0. The van der Waals surface area contributed by atoms with E-state index in [1.165, 1.54) is 24.9 Å². The number of nitrogens with zero attached hydrogens (tertiary/aromatic N) is 1. The van der Waals surface area contributed by atoms with Gasteiger partial charge in [0.1, 0.15) is 6.29 Å². The standard InChI is InChI=1S/C13H16N2O/c16-9-10-4-5-13-12(7-10)14-8-11-3-1-2-6-15(11)13/h4-5,7,9,11,14H,1-3,6,8H2. The van der Waals surface area contributed by atoms with Gasteiger partial charge in [-0.3, -0.25) is 4.79 Å². The predicted octanol–water partition coefficient (Wildman–Crippen LogP) is 2.28. The fourth-order valence-electron chi connectivity index (χ4n) is 2.78. The van der Waals surface area contributed by atoms with Crippen molar-refractivity contribution in [2.24, 2.45) is 0 Å². The molecule has 84 valence electrons. The molecule has 0 aliphatic carbocycles. The number of rotatable bonds is 1. The highest BCUT2D eigenvalue weighted by molar-refractivity contribution is 5.83. The van der Waals surface area contributed by atoms with E-state index in [1.807, 2.05) is 12.1 Å². The zero-order chi connectivity index (χ0) is 11.0. The van der Waals surface area contributed by atoms with E-state index in [1.54, 1.807) is 0 Å². The maximum absolute atomic E-state index is 10.7. The maximum atomic E-state index is 10.7. The van der Waals surface area contributed by atoms with Crippen molar-refractivity contribution in [3.05, 3.63) is 23.8 Å². The summed E-state index contributed by atoms with van der Waals surface area (Å²) in [5, 5.41) is 3.44. The van der Waals surface area contributed by atoms with Crippen LogP contribution in [-0.2, 0) is 0 Å². The first-order chi connectivity index (χ1) is 7.88. The molecule has 3 nitrogen and oxygen atoms in total. The number of piperidine rings is 1. The normalized spacial score (nSPS) is 23.0. The second-order valence-electron chi connectivity index (χ2n) is 4.62. The van der Waals surface area contributed by atoms with Crippen LogP contribution in [0.5, 0.6) is 0 Å². The number of aldehydes is 1. The third-order valence-corrected chi connectivity index (χ3v) is 3.62. The molecule has 2 aliphatic rings. The molecule has 3 rings (SSSR count). The molecular weight excluding hydrogens is 200 g/mol. The number of benzene rings is 1. The van der Waals surface area contributed by atoms with E-state index >= 15 is 0 Å². The fourth-order valence-corrected chi connectivity index (χ4v) is 2.78. The molecule has 2 aliphatic heterocycles. The maximum Gasteiger partial charge on any atom is 0.150 e. The molecule has 0 radical (unpaired) electrons. The van der Waals surface area contributed by atoms with Crippen molar-refractivity contribution in [3.8, 4) is 0 Å². The number of carbonyl (C=O) groups excluding carboxylic acids is 1. The largest absolute Gasteiger partial charge is 0.381 e. The second kappa shape index (κ2) is 3.81. The van der Waals surface area contributed by atoms with Crippen molar-refractivity contribution < 1.29 is 4.79 Å². The topological polar surface area (TPSA) is 32.3 Å². The minimum atomic E-state index is 0.642. The number of hydrogen-bond donors (Lipinski definition) is 1. The highest BCUT2D eigenvalue weighted by Crippen LogP contribution is 2.35. The first kappa shape index (κ1) is 9.70. The summed E-state index contributed by atoms with van der Waals surface area (Å²) in [6, 6.07) is 6.57. The van der Waals surface area contributed by atoms with Crippen LogP contribution in [0.15, 0.2) is 18.2 Å². The van der Waals surface area contributed by atoms with Crippen molar-refractivity contribution in [1.82, 2.24) is 0 Å².